The first kappa shape index (κ1) is 21.4. The van der Waals surface area contributed by atoms with Crippen molar-refractivity contribution >= 4 is 15.9 Å². The minimum Gasteiger partial charge on any atom is -0.455 e. The number of aryl methyl sites for hydroxylation is 1. The number of nitriles is 1. The van der Waals surface area contributed by atoms with Crippen LogP contribution < -0.4 is 5.32 Å². The van der Waals surface area contributed by atoms with E-state index in [1.807, 2.05) is 25.1 Å². The molecular formula is C19H27N5O4S. The number of nitrogens with one attached hydrogen (secondary N) is 1. The number of likely N-dealkylation sites (N-methyl/N-ethyl adjacent to an activating group) is 1. The largest absolute Gasteiger partial charge is 0.455 e. The molecule has 0 saturated carbocycles. The molecule has 3 rings (SSSR count). The van der Waals surface area contributed by atoms with Gasteiger partial charge in [-0.1, -0.05) is 12.8 Å². The van der Waals surface area contributed by atoms with Crippen molar-refractivity contribution in [2.75, 3.05) is 45.6 Å². The molecule has 0 spiro atoms. The van der Waals surface area contributed by atoms with Crippen molar-refractivity contribution in [3.8, 4) is 17.7 Å². The Balaban J connectivity index is 1.86. The molecule has 0 unspecified atom stereocenters. The molecule has 1 N–H and O–H groups in total. The maximum Gasteiger partial charge on any atom is 0.266 e. The summed E-state index contributed by atoms with van der Waals surface area (Å²) in [6, 6.07) is 3.42. The third-order valence-electron chi connectivity index (χ3n) is 4.84. The SMILES string of the molecule is Cc1oc(-c2nc(C#N)c(NCCN(C)C)o2)cc1S(=O)(=O)N1CCCCCC1. The van der Waals surface area contributed by atoms with Crippen LogP contribution in [0.5, 0.6) is 0 Å². The molecule has 0 aliphatic carbocycles. The molecule has 9 nitrogen and oxygen atoms in total. The molecule has 2 aromatic rings. The summed E-state index contributed by atoms with van der Waals surface area (Å²) >= 11 is 0. The Bertz CT molecular complexity index is 979. The Morgan fingerprint density at radius 1 is 1.24 bits per heavy atom. The molecule has 0 atom stereocenters. The lowest BCUT2D eigenvalue weighted by Crippen LogP contribution is -2.32. The van der Waals surface area contributed by atoms with Crippen molar-refractivity contribution in [1.29, 1.82) is 5.26 Å². The van der Waals surface area contributed by atoms with Crippen molar-refractivity contribution < 1.29 is 17.3 Å². The lowest BCUT2D eigenvalue weighted by Gasteiger charge is -2.19. The van der Waals surface area contributed by atoms with E-state index < -0.39 is 10.0 Å². The Labute approximate surface area is 171 Å². The molecule has 158 valence electrons. The molecule has 0 bridgehead atoms. The normalized spacial score (nSPS) is 16.0. The number of aromatic nitrogens is 1. The van der Waals surface area contributed by atoms with E-state index in [9.17, 15) is 13.7 Å². The van der Waals surface area contributed by atoms with E-state index >= 15 is 0 Å². The first-order valence-electron chi connectivity index (χ1n) is 9.73. The second-order valence-corrected chi connectivity index (χ2v) is 9.29. The van der Waals surface area contributed by atoms with E-state index in [-0.39, 0.29) is 33.9 Å². The number of hydrogen-bond donors (Lipinski definition) is 1. The lowest BCUT2D eigenvalue weighted by molar-refractivity contribution is 0.420. The summed E-state index contributed by atoms with van der Waals surface area (Å²) in [4.78, 5) is 6.27. The Morgan fingerprint density at radius 2 is 1.93 bits per heavy atom. The van der Waals surface area contributed by atoms with Crippen LogP contribution in [0.2, 0.25) is 0 Å². The van der Waals surface area contributed by atoms with E-state index in [0.29, 0.717) is 19.6 Å². The van der Waals surface area contributed by atoms with Gasteiger partial charge in [-0.25, -0.2) is 8.42 Å². The van der Waals surface area contributed by atoms with Crippen LogP contribution in [0, 0.1) is 18.3 Å². The quantitative estimate of drug-likeness (QED) is 0.725. The summed E-state index contributed by atoms with van der Waals surface area (Å²) in [5.74, 6) is 0.792. The van der Waals surface area contributed by atoms with Gasteiger partial charge in [-0.2, -0.15) is 14.6 Å². The summed E-state index contributed by atoms with van der Waals surface area (Å²) in [7, 11) is 0.230. The van der Waals surface area contributed by atoms with Crippen LogP contribution in [0.4, 0.5) is 5.88 Å². The molecule has 2 aromatic heterocycles. The molecule has 1 saturated heterocycles. The fraction of sp³-hybridized carbons (Fsp3) is 0.579. The van der Waals surface area contributed by atoms with Gasteiger partial charge in [-0.3, -0.25) is 0 Å². The number of anilines is 1. The fourth-order valence-electron chi connectivity index (χ4n) is 3.26. The van der Waals surface area contributed by atoms with Gasteiger partial charge in [0.15, 0.2) is 5.76 Å². The fourth-order valence-corrected chi connectivity index (χ4v) is 4.94. The Morgan fingerprint density at radius 3 is 2.55 bits per heavy atom. The van der Waals surface area contributed by atoms with Crippen LogP contribution in [-0.4, -0.2) is 62.9 Å². The number of nitrogens with zero attached hydrogens (tertiary/aromatic N) is 4. The third kappa shape index (κ3) is 4.80. The number of sulfonamides is 1. The van der Waals surface area contributed by atoms with Crippen LogP contribution in [-0.2, 0) is 10.0 Å². The van der Waals surface area contributed by atoms with Crippen molar-refractivity contribution in [2.24, 2.45) is 0 Å². The van der Waals surface area contributed by atoms with Crippen molar-refractivity contribution in [2.45, 2.75) is 37.5 Å². The highest BCUT2D eigenvalue weighted by Gasteiger charge is 2.30. The van der Waals surface area contributed by atoms with Gasteiger partial charge in [0.2, 0.25) is 21.6 Å². The van der Waals surface area contributed by atoms with Gasteiger partial charge in [0.1, 0.15) is 16.7 Å². The third-order valence-corrected chi connectivity index (χ3v) is 6.85. The summed E-state index contributed by atoms with van der Waals surface area (Å²) in [5, 5.41) is 12.4. The first-order chi connectivity index (χ1) is 13.8. The second-order valence-electron chi connectivity index (χ2n) is 7.39. The highest BCUT2D eigenvalue weighted by Crippen LogP contribution is 2.32. The molecule has 0 radical (unpaired) electrons. The average molecular weight is 422 g/mol. The molecule has 0 amide bonds. The Hall–Kier alpha value is -2.35. The van der Waals surface area contributed by atoms with Gasteiger partial charge < -0.3 is 19.1 Å². The summed E-state index contributed by atoms with van der Waals surface area (Å²) in [6.07, 6.45) is 3.80. The topological polar surface area (TPSA) is 116 Å². The molecule has 0 aromatic carbocycles. The molecule has 29 heavy (non-hydrogen) atoms. The van der Waals surface area contributed by atoms with E-state index in [4.69, 9.17) is 8.83 Å². The minimum atomic E-state index is -3.65. The van der Waals surface area contributed by atoms with Gasteiger partial charge in [-0.05, 0) is 33.9 Å². The number of hydrogen-bond acceptors (Lipinski definition) is 8. The summed E-state index contributed by atoms with van der Waals surface area (Å²) in [5.41, 5.74) is 0.102. The van der Waals surface area contributed by atoms with Crippen LogP contribution in [0.1, 0.15) is 37.1 Å². The predicted octanol–water partition coefficient (Wildman–Crippen LogP) is 2.65. The monoisotopic (exact) mass is 421 g/mol. The van der Waals surface area contributed by atoms with Gasteiger partial charge in [0.05, 0.1) is 0 Å². The zero-order valence-corrected chi connectivity index (χ0v) is 17.9. The molecule has 1 aliphatic rings. The predicted molar refractivity (Wildman–Crippen MR) is 108 cm³/mol. The van der Waals surface area contributed by atoms with Crippen molar-refractivity contribution in [3.63, 3.8) is 0 Å². The number of oxazole rings is 1. The Kier molecular flexibility index (Phi) is 6.62. The number of rotatable bonds is 7. The van der Waals surface area contributed by atoms with E-state index in [2.05, 4.69) is 10.3 Å². The number of furan rings is 1. The highest BCUT2D eigenvalue weighted by atomic mass is 32.2. The second kappa shape index (κ2) is 8.98. The average Bonchev–Trinajstić information content (AvgIpc) is 3.14. The van der Waals surface area contributed by atoms with Gasteiger partial charge in [0.25, 0.3) is 5.89 Å². The first-order valence-corrected chi connectivity index (χ1v) is 11.2. The highest BCUT2D eigenvalue weighted by molar-refractivity contribution is 7.89. The summed E-state index contributed by atoms with van der Waals surface area (Å²) < 4.78 is 39.0. The maximum absolute atomic E-state index is 13.1. The minimum absolute atomic E-state index is 0.0781. The van der Waals surface area contributed by atoms with Gasteiger partial charge in [-0.15, -0.1) is 0 Å². The maximum atomic E-state index is 13.1. The van der Waals surface area contributed by atoms with E-state index in [1.165, 1.54) is 10.4 Å². The molecule has 1 fully saturated rings. The van der Waals surface area contributed by atoms with Crippen LogP contribution in [0.15, 0.2) is 19.8 Å². The van der Waals surface area contributed by atoms with Crippen LogP contribution >= 0.6 is 0 Å². The van der Waals surface area contributed by atoms with Gasteiger partial charge in [0, 0.05) is 32.2 Å². The standard InChI is InChI=1S/C19H27N5O4S/c1-14-17(29(25,26)24-9-6-4-5-7-10-24)12-16(27-14)19-22-15(13-20)18(28-19)21-8-11-23(2)3/h12,21H,4-11H2,1-3H3. The molecular weight excluding hydrogens is 394 g/mol. The lowest BCUT2D eigenvalue weighted by atomic mass is 10.2. The summed E-state index contributed by atoms with van der Waals surface area (Å²) in [6.45, 7) is 3.96. The zero-order chi connectivity index (χ0) is 21.0. The van der Waals surface area contributed by atoms with Crippen LogP contribution in [0.3, 0.4) is 0 Å². The van der Waals surface area contributed by atoms with Crippen molar-refractivity contribution in [1.82, 2.24) is 14.2 Å². The zero-order valence-electron chi connectivity index (χ0n) is 17.1. The molecule has 10 heteroatoms. The van der Waals surface area contributed by atoms with Crippen LogP contribution in [0.25, 0.3) is 11.7 Å². The van der Waals surface area contributed by atoms with Gasteiger partial charge >= 0.3 is 0 Å². The molecule has 1 aliphatic heterocycles. The van der Waals surface area contributed by atoms with E-state index in [0.717, 1.165) is 32.2 Å². The smallest absolute Gasteiger partial charge is 0.266 e. The van der Waals surface area contributed by atoms with E-state index in [1.54, 1.807) is 6.92 Å². The van der Waals surface area contributed by atoms with Crippen molar-refractivity contribution in [3.05, 3.63) is 17.5 Å². The molecule has 3 heterocycles.